The number of hydrogen-bond donors (Lipinski definition) is 0. The number of allylic oxidation sites excluding steroid dienone is 4. The van der Waals surface area contributed by atoms with Crippen molar-refractivity contribution in [2.75, 3.05) is 0 Å². The first-order valence-corrected chi connectivity index (χ1v) is 6.61. The van der Waals surface area contributed by atoms with E-state index in [4.69, 9.17) is 0 Å². The lowest BCUT2D eigenvalue weighted by atomic mass is 10.1. The van der Waals surface area contributed by atoms with Crippen LogP contribution < -0.4 is 0 Å². The van der Waals surface area contributed by atoms with Crippen LogP contribution in [0.2, 0.25) is 0 Å². The molecule has 0 saturated carbocycles. The van der Waals surface area contributed by atoms with E-state index in [0.717, 1.165) is 12.8 Å². The quantitative estimate of drug-likeness (QED) is 0.348. The Bertz CT molecular complexity index is 174. The zero-order chi connectivity index (χ0) is 11.4. The summed E-state index contributed by atoms with van der Waals surface area (Å²) in [5, 5.41) is 0. The van der Waals surface area contributed by atoms with Crippen LogP contribution in [0.25, 0.3) is 0 Å². The fraction of sp³-hybridized carbons (Fsp3) is 0.733. The molecular weight excluding hydrogens is 180 g/mol. The molecule has 0 aliphatic carbocycles. The van der Waals surface area contributed by atoms with Gasteiger partial charge in [-0.15, -0.1) is 0 Å². The van der Waals surface area contributed by atoms with Crippen molar-refractivity contribution < 1.29 is 0 Å². The molecular formula is C15H27. The predicted molar refractivity (Wildman–Crippen MR) is 69.9 cm³/mol. The van der Waals surface area contributed by atoms with E-state index in [9.17, 15) is 0 Å². The van der Waals surface area contributed by atoms with E-state index in [-0.39, 0.29) is 0 Å². The summed E-state index contributed by atoms with van der Waals surface area (Å²) in [6, 6.07) is 0. The van der Waals surface area contributed by atoms with Gasteiger partial charge in [0.05, 0.1) is 0 Å². The molecule has 0 N–H and O–H groups in total. The zero-order valence-corrected chi connectivity index (χ0v) is 10.8. The molecule has 87 valence electrons. The van der Waals surface area contributed by atoms with Crippen LogP contribution in [0.1, 0.15) is 72.1 Å². The SMILES string of the molecule is CC/[C]=C(/C=CCCCCCCC)CC. The lowest BCUT2D eigenvalue weighted by Crippen LogP contribution is -1.78. The van der Waals surface area contributed by atoms with Gasteiger partial charge in [-0.25, -0.2) is 0 Å². The standard InChI is InChI=1S/C15H27/c1-4-7-8-9-10-11-12-14-15(6-3)13-5-2/h12,14H,4-11H2,1-3H3. The molecule has 0 aliphatic heterocycles. The maximum atomic E-state index is 3.37. The Morgan fingerprint density at radius 3 is 2.33 bits per heavy atom. The van der Waals surface area contributed by atoms with Crippen LogP contribution in [-0.4, -0.2) is 0 Å². The second-order valence-electron chi connectivity index (χ2n) is 4.01. The van der Waals surface area contributed by atoms with Crippen molar-refractivity contribution in [3.8, 4) is 0 Å². The Morgan fingerprint density at radius 2 is 1.73 bits per heavy atom. The van der Waals surface area contributed by atoms with Crippen molar-refractivity contribution in [1.29, 1.82) is 0 Å². The van der Waals surface area contributed by atoms with Crippen molar-refractivity contribution in [1.82, 2.24) is 0 Å². The fourth-order valence-corrected chi connectivity index (χ4v) is 1.62. The second kappa shape index (κ2) is 11.6. The van der Waals surface area contributed by atoms with Crippen molar-refractivity contribution in [3.05, 3.63) is 23.8 Å². The van der Waals surface area contributed by atoms with E-state index < -0.39 is 0 Å². The summed E-state index contributed by atoms with van der Waals surface area (Å²) in [6.07, 6.45) is 18.2. The van der Waals surface area contributed by atoms with Crippen molar-refractivity contribution in [2.24, 2.45) is 0 Å². The minimum atomic E-state index is 1.03. The first-order valence-electron chi connectivity index (χ1n) is 6.61. The molecule has 0 unspecified atom stereocenters. The van der Waals surface area contributed by atoms with Gasteiger partial charge in [-0.1, -0.05) is 58.6 Å². The average Bonchev–Trinajstić information content (AvgIpc) is 2.26. The van der Waals surface area contributed by atoms with Gasteiger partial charge in [0.25, 0.3) is 0 Å². The van der Waals surface area contributed by atoms with E-state index in [2.05, 4.69) is 39.0 Å². The molecule has 0 rings (SSSR count). The summed E-state index contributed by atoms with van der Waals surface area (Å²) in [5.41, 5.74) is 1.37. The number of rotatable bonds is 9. The van der Waals surface area contributed by atoms with Crippen LogP contribution in [0, 0.1) is 6.08 Å². The van der Waals surface area contributed by atoms with Crippen molar-refractivity contribution >= 4 is 0 Å². The van der Waals surface area contributed by atoms with Crippen LogP contribution >= 0.6 is 0 Å². The summed E-state index contributed by atoms with van der Waals surface area (Å²) < 4.78 is 0. The molecule has 0 aromatic rings. The fourth-order valence-electron chi connectivity index (χ4n) is 1.62. The van der Waals surface area contributed by atoms with E-state index in [1.165, 1.54) is 44.1 Å². The molecule has 0 bridgehead atoms. The van der Waals surface area contributed by atoms with Gasteiger partial charge in [0.1, 0.15) is 0 Å². The third-order valence-corrected chi connectivity index (χ3v) is 2.58. The maximum Gasteiger partial charge on any atom is -0.0302 e. The average molecular weight is 207 g/mol. The Balaban J connectivity index is 3.48. The van der Waals surface area contributed by atoms with Crippen LogP contribution in [0.4, 0.5) is 0 Å². The third kappa shape index (κ3) is 9.78. The Labute approximate surface area is 96.5 Å². The van der Waals surface area contributed by atoms with Crippen molar-refractivity contribution in [3.63, 3.8) is 0 Å². The molecule has 0 atom stereocenters. The van der Waals surface area contributed by atoms with Gasteiger partial charge in [0.2, 0.25) is 0 Å². The highest BCUT2D eigenvalue weighted by Crippen LogP contribution is 2.08. The smallest absolute Gasteiger partial charge is 0.0302 e. The largest absolute Gasteiger partial charge is 0.0843 e. The third-order valence-electron chi connectivity index (χ3n) is 2.58. The lowest BCUT2D eigenvalue weighted by Gasteiger charge is -1.97. The van der Waals surface area contributed by atoms with Gasteiger partial charge in [0, 0.05) is 0 Å². The molecule has 15 heavy (non-hydrogen) atoms. The minimum absolute atomic E-state index is 1.03. The second-order valence-corrected chi connectivity index (χ2v) is 4.01. The molecule has 0 fully saturated rings. The van der Waals surface area contributed by atoms with E-state index in [0.29, 0.717) is 0 Å². The Morgan fingerprint density at radius 1 is 1.00 bits per heavy atom. The Hall–Kier alpha value is -0.520. The molecule has 0 aromatic heterocycles. The summed E-state index contributed by atoms with van der Waals surface area (Å²) in [4.78, 5) is 0. The first kappa shape index (κ1) is 14.5. The monoisotopic (exact) mass is 207 g/mol. The molecule has 0 nitrogen and oxygen atoms in total. The van der Waals surface area contributed by atoms with Gasteiger partial charge in [-0.05, 0) is 37.3 Å². The topological polar surface area (TPSA) is 0 Å². The summed E-state index contributed by atoms with van der Waals surface area (Å²) in [7, 11) is 0. The normalized spacial score (nSPS) is 12.6. The molecule has 1 radical (unpaired) electrons. The summed E-state index contributed by atoms with van der Waals surface area (Å²) >= 11 is 0. The van der Waals surface area contributed by atoms with Gasteiger partial charge >= 0.3 is 0 Å². The summed E-state index contributed by atoms with van der Waals surface area (Å²) in [6.45, 7) is 6.61. The van der Waals surface area contributed by atoms with Crippen LogP contribution in [0.15, 0.2) is 17.7 Å². The molecule has 0 heterocycles. The highest BCUT2D eigenvalue weighted by Gasteiger charge is 1.88. The predicted octanol–water partition coefficient (Wildman–Crippen LogP) is 5.45. The van der Waals surface area contributed by atoms with Crippen LogP contribution in [0.3, 0.4) is 0 Å². The van der Waals surface area contributed by atoms with Crippen molar-refractivity contribution in [2.45, 2.75) is 72.1 Å². The number of unbranched alkanes of at least 4 members (excludes halogenated alkanes) is 5. The molecule has 0 aliphatic rings. The molecule has 0 amide bonds. The Kier molecular flexibility index (Phi) is 11.2. The van der Waals surface area contributed by atoms with Gasteiger partial charge in [0.15, 0.2) is 0 Å². The minimum Gasteiger partial charge on any atom is -0.0843 e. The van der Waals surface area contributed by atoms with Gasteiger partial charge < -0.3 is 0 Å². The van der Waals surface area contributed by atoms with E-state index >= 15 is 0 Å². The molecule has 0 saturated heterocycles. The number of hydrogen-bond acceptors (Lipinski definition) is 0. The highest BCUT2D eigenvalue weighted by molar-refractivity contribution is 5.14. The maximum absolute atomic E-state index is 3.37. The molecule has 0 spiro atoms. The van der Waals surface area contributed by atoms with Crippen LogP contribution in [0.5, 0.6) is 0 Å². The molecule has 0 aromatic carbocycles. The zero-order valence-electron chi connectivity index (χ0n) is 10.8. The van der Waals surface area contributed by atoms with E-state index in [1.54, 1.807) is 0 Å². The van der Waals surface area contributed by atoms with E-state index in [1.807, 2.05) is 0 Å². The highest BCUT2D eigenvalue weighted by atomic mass is 13.9. The summed E-state index contributed by atoms with van der Waals surface area (Å²) in [5.74, 6) is 0. The van der Waals surface area contributed by atoms with Crippen LogP contribution in [-0.2, 0) is 0 Å². The van der Waals surface area contributed by atoms with Gasteiger partial charge in [-0.3, -0.25) is 0 Å². The van der Waals surface area contributed by atoms with Gasteiger partial charge in [-0.2, -0.15) is 0 Å². The lowest BCUT2D eigenvalue weighted by molar-refractivity contribution is 0.637. The molecule has 0 heteroatoms. The first-order chi connectivity index (χ1) is 7.35.